The maximum Gasteiger partial charge on any atom is 0.274 e. The number of para-hydroxylation sites is 1. The Morgan fingerprint density at radius 3 is 2.79 bits per heavy atom. The zero-order chi connectivity index (χ0) is 26.3. The molecule has 1 aliphatic heterocycles. The van der Waals surface area contributed by atoms with E-state index in [9.17, 15) is 8.42 Å². The SMILES string of the molecule is CC(C)N(c1cccc2cc(-c3ncc(CN4CCCC4c4ccccn4)s3)[nH]c12)S(=O)(=O)c1cccs1. The first-order valence-corrected chi connectivity index (χ1v) is 15.8. The van der Waals surface area contributed by atoms with Gasteiger partial charge >= 0.3 is 0 Å². The van der Waals surface area contributed by atoms with Gasteiger partial charge in [0.2, 0.25) is 0 Å². The molecule has 1 saturated heterocycles. The fraction of sp³-hybridized carbons (Fsp3) is 0.286. The summed E-state index contributed by atoms with van der Waals surface area (Å²) in [6.07, 6.45) is 6.11. The van der Waals surface area contributed by atoms with Gasteiger partial charge in [0.1, 0.15) is 9.22 Å². The van der Waals surface area contributed by atoms with Gasteiger partial charge in [0.15, 0.2) is 0 Å². The van der Waals surface area contributed by atoms with Crippen molar-refractivity contribution in [3.8, 4) is 10.7 Å². The Morgan fingerprint density at radius 1 is 1.13 bits per heavy atom. The van der Waals surface area contributed by atoms with Crippen LogP contribution in [0.4, 0.5) is 5.69 Å². The molecule has 5 aromatic rings. The van der Waals surface area contributed by atoms with Gasteiger partial charge in [-0.15, -0.1) is 22.7 Å². The van der Waals surface area contributed by atoms with Crippen molar-refractivity contribution >= 4 is 49.3 Å². The number of aromatic amines is 1. The van der Waals surface area contributed by atoms with Crippen molar-refractivity contribution in [3.63, 3.8) is 0 Å². The third-order valence-corrected chi connectivity index (χ3v) is 11.3. The number of pyridine rings is 1. The van der Waals surface area contributed by atoms with Crippen LogP contribution in [0.15, 0.2) is 76.6 Å². The number of hydrogen-bond acceptors (Lipinski definition) is 7. The number of rotatable bonds is 8. The molecule has 7 nitrogen and oxygen atoms in total. The zero-order valence-corrected chi connectivity index (χ0v) is 23.7. The minimum absolute atomic E-state index is 0.251. The predicted molar refractivity (Wildman–Crippen MR) is 155 cm³/mol. The summed E-state index contributed by atoms with van der Waals surface area (Å²) in [5, 5.41) is 3.64. The van der Waals surface area contributed by atoms with Crippen LogP contribution in [0.3, 0.4) is 0 Å². The number of sulfonamides is 1. The fourth-order valence-electron chi connectivity index (χ4n) is 5.26. The summed E-state index contributed by atoms with van der Waals surface area (Å²) >= 11 is 2.91. The summed E-state index contributed by atoms with van der Waals surface area (Å²) in [7, 11) is -3.69. The van der Waals surface area contributed by atoms with Crippen molar-refractivity contribution in [3.05, 3.63) is 82.9 Å². The Hall–Kier alpha value is -3.05. The molecule has 0 bridgehead atoms. The van der Waals surface area contributed by atoms with E-state index in [1.54, 1.807) is 28.8 Å². The lowest BCUT2D eigenvalue weighted by atomic mass is 10.1. The van der Waals surface area contributed by atoms with Gasteiger partial charge in [-0.25, -0.2) is 13.4 Å². The number of thiophene rings is 1. The minimum Gasteiger partial charge on any atom is -0.351 e. The first kappa shape index (κ1) is 25.2. The molecule has 0 aliphatic carbocycles. The maximum absolute atomic E-state index is 13.6. The first-order chi connectivity index (χ1) is 18.4. The Bertz CT molecular complexity index is 1640. The Morgan fingerprint density at radius 2 is 2.03 bits per heavy atom. The number of hydrogen-bond donors (Lipinski definition) is 1. The van der Waals surface area contributed by atoms with Gasteiger partial charge < -0.3 is 4.98 Å². The van der Waals surface area contributed by atoms with Crippen LogP contribution in [0.25, 0.3) is 21.6 Å². The van der Waals surface area contributed by atoms with Crippen LogP contribution >= 0.6 is 22.7 Å². The molecular weight excluding hydrogens is 535 g/mol. The molecule has 0 amide bonds. The number of anilines is 1. The summed E-state index contributed by atoms with van der Waals surface area (Å²) in [5.74, 6) is 0. The number of fused-ring (bicyclic) bond motifs is 1. The van der Waals surface area contributed by atoms with Crippen molar-refractivity contribution < 1.29 is 8.42 Å². The van der Waals surface area contributed by atoms with Crippen LogP contribution in [0, 0.1) is 0 Å². The number of H-pyrrole nitrogens is 1. The number of nitrogens with zero attached hydrogens (tertiary/aromatic N) is 4. The lowest BCUT2D eigenvalue weighted by molar-refractivity contribution is 0.246. The molecule has 1 fully saturated rings. The van der Waals surface area contributed by atoms with Crippen molar-refractivity contribution in [1.82, 2.24) is 19.9 Å². The van der Waals surface area contributed by atoms with Crippen molar-refractivity contribution in [2.75, 3.05) is 10.8 Å². The molecule has 1 aliphatic rings. The summed E-state index contributed by atoms with van der Waals surface area (Å²) < 4.78 is 29.0. The van der Waals surface area contributed by atoms with Gasteiger partial charge in [-0.05, 0) is 68.9 Å². The normalized spacial score (nSPS) is 16.6. The van der Waals surface area contributed by atoms with Gasteiger partial charge in [-0.3, -0.25) is 14.2 Å². The van der Waals surface area contributed by atoms with E-state index in [0.717, 1.165) is 46.8 Å². The highest BCUT2D eigenvalue weighted by Gasteiger charge is 2.30. The summed E-state index contributed by atoms with van der Waals surface area (Å²) in [6, 6.07) is 17.5. The fourth-order valence-corrected chi connectivity index (χ4v) is 8.92. The average molecular weight is 564 g/mol. The van der Waals surface area contributed by atoms with E-state index < -0.39 is 10.0 Å². The zero-order valence-electron chi connectivity index (χ0n) is 21.2. The molecule has 0 radical (unpaired) electrons. The predicted octanol–water partition coefficient (Wildman–Crippen LogP) is 6.69. The molecule has 4 aromatic heterocycles. The molecular formula is C28H29N5O2S3. The molecule has 1 atom stereocenters. The minimum atomic E-state index is -3.69. The first-order valence-electron chi connectivity index (χ1n) is 12.7. The highest BCUT2D eigenvalue weighted by molar-refractivity contribution is 7.94. The van der Waals surface area contributed by atoms with E-state index in [-0.39, 0.29) is 6.04 Å². The number of thiazole rings is 1. The number of nitrogens with one attached hydrogen (secondary N) is 1. The van der Waals surface area contributed by atoms with Crippen LogP contribution in [-0.4, -0.2) is 40.9 Å². The second-order valence-corrected chi connectivity index (χ2v) is 13.9. The van der Waals surface area contributed by atoms with E-state index in [4.69, 9.17) is 4.98 Å². The smallest absolute Gasteiger partial charge is 0.274 e. The monoisotopic (exact) mass is 563 g/mol. The van der Waals surface area contributed by atoms with Crippen LogP contribution in [-0.2, 0) is 16.6 Å². The Balaban J connectivity index is 1.30. The molecule has 10 heteroatoms. The number of benzene rings is 1. The van der Waals surface area contributed by atoms with Gasteiger partial charge in [0.05, 0.1) is 28.6 Å². The van der Waals surface area contributed by atoms with E-state index in [2.05, 4.69) is 33.1 Å². The van der Waals surface area contributed by atoms with Crippen LogP contribution in [0.1, 0.15) is 43.3 Å². The van der Waals surface area contributed by atoms with Gasteiger partial charge in [0.25, 0.3) is 10.0 Å². The Kier molecular flexibility index (Phi) is 6.81. The second kappa shape index (κ2) is 10.3. The molecule has 38 heavy (non-hydrogen) atoms. The number of aromatic nitrogens is 3. The molecule has 0 spiro atoms. The molecule has 1 N–H and O–H groups in total. The third kappa shape index (κ3) is 4.66. The van der Waals surface area contributed by atoms with Gasteiger partial charge in [-0.1, -0.05) is 24.3 Å². The second-order valence-electron chi connectivity index (χ2n) is 9.77. The molecule has 0 saturated carbocycles. The maximum atomic E-state index is 13.6. The average Bonchev–Trinajstić information content (AvgIpc) is 3.71. The lowest BCUT2D eigenvalue weighted by Crippen LogP contribution is -2.36. The third-order valence-electron chi connectivity index (χ3n) is 6.88. The molecule has 5 heterocycles. The van der Waals surface area contributed by atoms with Gasteiger partial charge in [-0.2, -0.15) is 0 Å². The highest BCUT2D eigenvalue weighted by Crippen LogP contribution is 2.38. The molecule has 6 rings (SSSR count). The van der Waals surface area contributed by atoms with E-state index >= 15 is 0 Å². The van der Waals surface area contributed by atoms with E-state index in [1.165, 1.54) is 26.9 Å². The largest absolute Gasteiger partial charge is 0.351 e. The standard InChI is InChI=1S/C28H29N5O2S3/c1-19(2)33(38(34,35)26-12-7-15-36-26)25-10-5-8-20-16-23(31-27(20)25)28-30-17-21(37-28)18-32-14-6-11-24(32)22-9-3-4-13-29-22/h3-5,7-10,12-13,15-17,19,24,31H,6,11,14,18H2,1-2H3. The topological polar surface area (TPSA) is 82.2 Å². The summed E-state index contributed by atoms with van der Waals surface area (Å²) in [4.78, 5) is 16.5. The molecule has 1 aromatic carbocycles. The quantitative estimate of drug-likeness (QED) is 0.227. The summed E-state index contributed by atoms with van der Waals surface area (Å²) in [5.41, 5.74) is 3.46. The highest BCUT2D eigenvalue weighted by atomic mass is 32.2. The van der Waals surface area contributed by atoms with Crippen LogP contribution in [0.5, 0.6) is 0 Å². The van der Waals surface area contributed by atoms with E-state index in [1.807, 2.05) is 50.5 Å². The van der Waals surface area contributed by atoms with Crippen molar-refractivity contribution in [2.45, 2.75) is 49.5 Å². The summed E-state index contributed by atoms with van der Waals surface area (Å²) in [6.45, 7) is 5.69. The van der Waals surface area contributed by atoms with Gasteiger partial charge in [0, 0.05) is 35.2 Å². The number of likely N-dealkylation sites (tertiary alicyclic amines) is 1. The molecule has 196 valence electrons. The lowest BCUT2D eigenvalue weighted by Gasteiger charge is -2.28. The van der Waals surface area contributed by atoms with Crippen molar-refractivity contribution in [2.24, 2.45) is 0 Å². The van der Waals surface area contributed by atoms with E-state index in [0.29, 0.717) is 15.9 Å². The van der Waals surface area contributed by atoms with Crippen LogP contribution < -0.4 is 4.31 Å². The molecule has 1 unspecified atom stereocenters. The van der Waals surface area contributed by atoms with Crippen LogP contribution in [0.2, 0.25) is 0 Å². The Labute approximate surface area is 230 Å². The van der Waals surface area contributed by atoms with Crippen molar-refractivity contribution in [1.29, 1.82) is 0 Å².